The molecule has 152 valence electrons. The van der Waals surface area contributed by atoms with E-state index in [-0.39, 0.29) is 11.3 Å². The summed E-state index contributed by atoms with van der Waals surface area (Å²) >= 11 is 0. The van der Waals surface area contributed by atoms with Crippen molar-refractivity contribution in [2.75, 3.05) is 30.9 Å². The first kappa shape index (κ1) is 18.5. The number of hydrogen-bond acceptors (Lipinski definition) is 7. The lowest BCUT2D eigenvalue weighted by Crippen LogP contribution is -2.43. The SMILES string of the molecule is C[C@@H]1COCCN1c1cc(N=S(C)(=O)C2CC2)nc(-c2ccnc3[nH]cnc23)c1. The second-order valence-electron chi connectivity index (χ2n) is 7.80. The highest BCUT2D eigenvalue weighted by atomic mass is 32.2. The molecule has 0 spiro atoms. The first-order chi connectivity index (χ1) is 14.0. The van der Waals surface area contributed by atoms with E-state index in [0.29, 0.717) is 24.7 Å². The van der Waals surface area contributed by atoms with Crippen LogP contribution < -0.4 is 4.90 Å². The van der Waals surface area contributed by atoms with Gasteiger partial charge in [-0.25, -0.2) is 19.2 Å². The minimum absolute atomic E-state index is 0.178. The molecule has 2 atom stereocenters. The number of aromatic amines is 1. The molecule has 0 aromatic carbocycles. The van der Waals surface area contributed by atoms with Crippen molar-refractivity contribution in [3.8, 4) is 11.3 Å². The lowest BCUT2D eigenvalue weighted by atomic mass is 10.1. The minimum atomic E-state index is -2.30. The zero-order valence-electron chi connectivity index (χ0n) is 16.5. The summed E-state index contributed by atoms with van der Waals surface area (Å²) in [7, 11) is -2.30. The van der Waals surface area contributed by atoms with Gasteiger partial charge >= 0.3 is 0 Å². The molecule has 3 aromatic heterocycles. The molecular formula is C20H24N6O2S. The Kier molecular flexibility index (Phi) is 4.51. The molecule has 2 aliphatic rings. The Balaban J connectivity index is 1.68. The summed E-state index contributed by atoms with van der Waals surface area (Å²) in [6.45, 7) is 4.29. The Morgan fingerprint density at radius 2 is 2.17 bits per heavy atom. The number of pyridine rings is 2. The predicted molar refractivity (Wildman–Crippen MR) is 114 cm³/mol. The Morgan fingerprint density at radius 1 is 1.31 bits per heavy atom. The number of ether oxygens (including phenoxy) is 1. The molecule has 29 heavy (non-hydrogen) atoms. The first-order valence-electron chi connectivity index (χ1n) is 9.87. The number of rotatable bonds is 4. The second-order valence-corrected chi connectivity index (χ2v) is 10.4. The standard InChI is InChI=1S/C20H24N6O2S/c1-13-11-28-8-7-26(13)14-9-17(16-5-6-21-20-19(16)22-12-23-20)24-18(10-14)25-29(2,27)15-3-4-15/h5-6,9-10,12-13,15H,3-4,7-8,11H2,1-2H3,(H,21,22,23)/t13-,29?/m1/s1. The van der Waals surface area contributed by atoms with Gasteiger partial charge in [-0.05, 0) is 31.9 Å². The van der Waals surface area contributed by atoms with E-state index in [4.69, 9.17) is 9.72 Å². The number of imidazole rings is 1. The average Bonchev–Trinajstić information content (AvgIpc) is 3.46. The second kappa shape index (κ2) is 7.07. The van der Waals surface area contributed by atoms with Crippen molar-refractivity contribution in [3.63, 3.8) is 0 Å². The third-order valence-corrected chi connectivity index (χ3v) is 7.77. The molecule has 8 nitrogen and oxygen atoms in total. The fourth-order valence-corrected chi connectivity index (χ4v) is 5.41. The molecule has 9 heteroatoms. The third kappa shape index (κ3) is 3.60. The van der Waals surface area contributed by atoms with E-state index in [9.17, 15) is 4.21 Å². The fraction of sp³-hybridized carbons (Fsp3) is 0.450. The maximum atomic E-state index is 13.0. The summed E-state index contributed by atoms with van der Waals surface area (Å²) in [5.74, 6) is 0.510. The van der Waals surface area contributed by atoms with E-state index in [1.807, 2.05) is 12.1 Å². The van der Waals surface area contributed by atoms with Gasteiger partial charge < -0.3 is 14.6 Å². The fourth-order valence-electron chi connectivity index (χ4n) is 3.78. The largest absolute Gasteiger partial charge is 0.377 e. The van der Waals surface area contributed by atoms with Crippen LogP contribution in [0, 0.1) is 0 Å². The maximum Gasteiger partial charge on any atom is 0.164 e. The van der Waals surface area contributed by atoms with E-state index in [1.165, 1.54) is 0 Å². The lowest BCUT2D eigenvalue weighted by Gasteiger charge is -2.35. The number of anilines is 1. The third-order valence-electron chi connectivity index (χ3n) is 5.51. The molecule has 1 saturated carbocycles. The van der Waals surface area contributed by atoms with Gasteiger partial charge in [-0.3, -0.25) is 0 Å². The molecule has 4 heterocycles. The smallest absolute Gasteiger partial charge is 0.164 e. The summed E-state index contributed by atoms with van der Waals surface area (Å²) in [5, 5.41) is 0.178. The normalized spacial score (nSPS) is 21.9. The zero-order valence-corrected chi connectivity index (χ0v) is 17.4. The van der Waals surface area contributed by atoms with E-state index < -0.39 is 9.73 Å². The van der Waals surface area contributed by atoms with Gasteiger partial charge in [0.1, 0.15) is 5.52 Å². The predicted octanol–water partition coefficient (Wildman–Crippen LogP) is 3.14. The van der Waals surface area contributed by atoms with Gasteiger partial charge in [0.15, 0.2) is 11.5 Å². The molecule has 0 bridgehead atoms. The van der Waals surface area contributed by atoms with Crippen LogP contribution in [0.2, 0.25) is 0 Å². The van der Waals surface area contributed by atoms with Crippen molar-refractivity contribution in [2.45, 2.75) is 31.1 Å². The highest BCUT2D eigenvalue weighted by Gasteiger charge is 2.31. The molecule has 1 saturated heterocycles. The minimum Gasteiger partial charge on any atom is -0.377 e. The highest BCUT2D eigenvalue weighted by molar-refractivity contribution is 7.93. The van der Waals surface area contributed by atoms with Gasteiger partial charge in [0.25, 0.3) is 0 Å². The molecule has 2 fully saturated rings. The number of nitrogens with one attached hydrogen (secondary N) is 1. The van der Waals surface area contributed by atoms with Crippen molar-refractivity contribution in [1.82, 2.24) is 19.9 Å². The van der Waals surface area contributed by atoms with Gasteiger partial charge in [-0.2, -0.15) is 4.36 Å². The molecule has 1 aliphatic heterocycles. The van der Waals surface area contributed by atoms with Crippen LogP contribution in [0.3, 0.4) is 0 Å². The monoisotopic (exact) mass is 412 g/mol. The number of morpholine rings is 1. The number of H-pyrrole nitrogens is 1. The van der Waals surface area contributed by atoms with Crippen LogP contribution >= 0.6 is 0 Å². The van der Waals surface area contributed by atoms with E-state index in [0.717, 1.165) is 41.8 Å². The maximum absolute atomic E-state index is 13.0. The van der Waals surface area contributed by atoms with Crippen LogP contribution in [-0.4, -0.2) is 61.5 Å². The van der Waals surface area contributed by atoms with E-state index in [2.05, 4.69) is 37.2 Å². The summed E-state index contributed by atoms with van der Waals surface area (Å²) in [4.78, 5) is 18.8. The number of fused-ring (bicyclic) bond motifs is 1. The van der Waals surface area contributed by atoms with Crippen molar-refractivity contribution in [3.05, 3.63) is 30.7 Å². The van der Waals surface area contributed by atoms with Crippen molar-refractivity contribution < 1.29 is 8.95 Å². The molecular weight excluding hydrogens is 388 g/mol. The molecule has 1 aliphatic carbocycles. The first-order valence-corrected chi connectivity index (χ1v) is 11.9. The van der Waals surface area contributed by atoms with Crippen molar-refractivity contribution >= 4 is 32.4 Å². The van der Waals surface area contributed by atoms with Crippen LogP contribution in [0.5, 0.6) is 0 Å². The van der Waals surface area contributed by atoms with Gasteiger partial charge in [0.2, 0.25) is 0 Å². The van der Waals surface area contributed by atoms with Gasteiger partial charge in [-0.15, -0.1) is 0 Å². The van der Waals surface area contributed by atoms with E-state index >= 15 is 0 Å². The van der Waals surface area contributed by atoms with Crippen LogP contribution in [0.15, 0.2) is 35.1 Å². The van der Waals surface area contributed by atoms with Gasteiger partial charge in [0.05, 0.1) is 35.0 Å². The van der Waals surface area contributed by atoms with E-state index in [1.54, 1.807) is 18.8 Å². The van der Waals surface area contributed by atoms with Crippen molar-refractivity contribution in [1.29, 1.82) is 0 Å². The van der Waals surface area contributed by atoms with Crippen LogP contribution in [0.1, 0.15) is 19.8 Å². The Bertz CT molecular complexity index is 1180. The Morgan fingerprint density at radius 3 is 2.97 bits per heavy atom. The van der Waals surface area contributed by atoms with Crippen LogP contribution in [0.4, 0.5) is 11.5 Å². The number of nitrogens with zero attached hydrogens (tertiary/aromatic N) is 5. The molecule has 1 unspecified atom stereocenters. The highest BCUT2D eigenvalue weighted by Crippen LogP contribution is 2.35. The summed E-state index contributed by atoms with van der Waals surface area (Å²) < 4.78 is 23.2. The van der Waals surface area contributed by atoms with Crippen LogP contribution in [0.25, 0.3) is 22.4 Å². The molecule has 5 rings (SSSR count). The molecule has 3 aromatic rings. The summed E-state index contributed by atoms with van der Waals surface area (Å²) in [6, 6.07) is 6.15. The molecule has 0 amide bonds. The molecule has 0 radical (unpaired) electrons. The van der Waals surface area contributed by atoms with Gasteiger partial charge in [-0.1, -0.05) is 0 Å². The zero-order chi connectivity index (χ0) is 20.0. The average molecular weight is 413 g/mol. The topological polar surface area (TPSA) is 96.4 Å². The lowest BCUT2D eigenvalue weighted by molar-refractivity contribution is 0.0989. The van der Waals surface area contributed by atoms with Crippen LogP contribution in [-0.2, 0) is 14.5 Å². The van der Waals surface area contributed by atoms with Crippen molar-refractivity contribution in [2.24, 2.45) is 4.36 Å². The molecule has 1 N–H and O–H groups in total. The Labute approximate surface area is 169 Å². The quantitative estimate of drug-likeness (QED) is 0.707. The Hall–Kier alpha value is -2.52. The van der Waals surface area contributed by atoms with Gasteiger partial charge in [0, 0.05) is 47.6 Å². The summed E-state index contributed by atoms with van der Waals surface area (Å²) in [6.07, 6.45) is 7.07. The number of hydrogen-bond donors (Lipinski definition) is 1. The number of aromatic nitrogens is 4. The summed E-state index contributed by atoms with van der Waals surface area (Å²) in [5.41, 5.74) is 4.12.